The zero-order chi connectivity index (χ0) is 14.2. The zero-order valence-electron chi connectivity index (χ0n) is 11.3. The van der Waals surface area contributed by atoms with Gasteiger partial charge in [0.2, 0.25) is 5.52 Å². The molecule has 6 nitrogen and oxygen atoms in total. The fourth-order valence-electron chi connectivity index (χ4n) is 1.02. The number of ether oxygens (including phenoxy) is 2. The summed E-state index contributed by atoms with van der Waals surface area (Å²) in [6.07, 6.45) is 2.50. The molecule has 18 heavy (non-hydrogen) atoms. The highest BCUT2D eigenvalue weighted by Gasteiger charge is 2.22. The summed E-state index contributed by atoms with van der Waals surface area (Å²) in [7, 11) is 5.30. The molecular weight excluding hydrogens is 257 g/mol. The van der Waals surface area contributed by atoms with Crippen LogP contribution in [0.5, 0.6) is 0 Å². The number of methoxy groups -OCH3 is 1. The summed E-state index contributed by atoms with van der Waals surface area (Å²) in [6, 6.07) is 0. The lowest BCUT2D eigenvalue weighted by Gasteiger charge is -2.23. The van der Waals surface area contributed by atoms with Crippen molar-refractivity contribution in [3.63, 3.8) is 0 Å². The highest BCUT2D eigenvalue weighted by molar-refractivity contribution is 7.69. The van der Waals surface area contributed by atoms with Crippen molar-refractivity contribution >= 4 is 19.6 Å². The second-order valence-corrected chi connectivity index (χ2v) is 6.42. The van der Waals surface area contributed by atoms with Crippen molar-refractivity contribution in [2.24, 2.45) is 0 Å². The van der Waals surface area contributed by atoms with E-state index in [0.29, 0.717) is 4.48 Å². The molecule has 0 aromatic heterocycles. The number of nitrogens with zero attached hydrogens (tertiary/aromatic N) is 1. The van der Waals surface area contributed by atoms with E-state index in [1.807, 2.05) is 21.1 Å². The first kappa shape index (κ1) is 17.0. The van der Waals surface area contributed by atoms with E-state index in [2.05, 4.69) is 4.74 Å². The van der Waals surface area contributed by atoms with Gasteiger partial charge in [-0.1, -0.05) is 0 Å². The van der Waals surface area contributed by atoms with Crippen molar-refractivity contribution in [1.29, 1.82) is 0 Å². The second-order valence-electron chi connectivity index (χ2n) is 4.67. The minimum Gasteiger partial charge on any atom is -0.504 e. The first-order chi connectivity index (χ1) is 8.26. The Morgan fingerprint density at radius 3 is 2.44 bits per heavy atom. The standard InChI is InChI=1S/C11H21NO5P/c1-12(2,3)9-11(14)18(15)8-7-17-10(13)5-6-16-4/h5-6,15H,7-9H2,1-4H3/q+1. The maximum absolute atomic E-state index is 11.6. The minimum absolute atomic E-state index is 0.0258. The molecule has 0 saturated carbocycles. The zero-order valence-corrected chi connectivity index (χ0v) is 12.1. The van der Waals surface area contributed by atoms with Gasteiger partial charge in [-0.15, -0.1) is 0 Å². The van der Waals surface area contributed by atoms with Crippen molar-refractivity contribution < 1.29 is 28.4 Å². The van der Waals surface area contributed by atoms with Gasteiger partial charge < -0.3 is 18.9 Å². The third-order valence-corrected chi connectivity index (χ3v) is 3.11. The van der Waals surface area contributed by atoms with E-state index < -0.39 is 14.1 Å². The van der Waals surface area contributed by atoms with Crippen LogP contribution >= 0.6 is 8.15 Å². The van der Waals surface area contributed by atoms with Gasteiger partial charge in [0, 0.05) is 6.16 Å². The Labute approximate surface area is 109 Å². The Morgan fingerprint density at radius 1 is 1.33 bits per heavy atom. The van der Waals surface area contributed by atoms with E-state index in [1.165, 1.54) is 13.4 Å². The first-order valence-electron chi connectivity index (χ1n) is 5.42. The molecule has 0 saturated heterocycles. The normalized spacial score (nSPS) is 13.4. The van der Waals surface area contributed by atoms with Crippen LogP contribution in [0.3, 0.4) is 0 Å². The van der Waals surface area contributed by atoms with Crippen LogP contribution in [-0.4, -0.2) is 68.4 Å². The highest BCUT2D eigenvalue weighted by atomic mass is 31.1. The minimum atomic E-state index is -1.74. The van der Waals surface area contributed by atoms with E-state index in [0.717, 1.165) is 6.08 Å². The largest absolute Gasteiger partial charge is 0.504 e. The Balaban J connectivity index is 3.90. The van der Waals surface area contributed by atoms with Crippen molar-refractivity contribution in [2.45, 2.75) is 0 Å². The third kappa shape index (κ3) is 9.10. The summed E-state index contributed by atoms with van der Waals surface area (Å²) in [4.78, 5) is 32.3. The van der Waals surface area contributed by atoms with Gasteiger partial charge in [0.05, 0.1) is 47.2 Å². The van der Waals surface area contributed by atoms with Gasteiger partial charge in [0.1, 0.15) is 14.7 Å². The van der Waals surface area contributed by atoms with Crippen LogP contribution in [0.1, 0.15) is 0 Å². The molecule has 0 aromatic rings. The van der Waals surface area contributed by atoms with Crippen LogP contribution in [0.4, 0.5) is 0 Å². The number of esters is 1. The van der Waals surface area contributed by atoms with Crippen molar-refractivity contribution in [2.75, 3.05) is 47.6 Å². The highest BCUT2D eigenvalue weighted by Crippen LogP contribution is 2.30. The monoisotopic (exact) mass is 278 g/mol. The average molecular weight is 278 g/mol. The van der Waals surface area contributed by atoms with Crippen LogP contribution in [0.15, 0.2) is 12.3 Å². The molecule has 0 heterocycles. The summed E-state index contributed by atoms with van der Waals surface area (Å²) in [6.45, 7) is 0.289. The van der Waals surface area contributed by atoms with E-state index in [-0.39, 0.29) is 24.8 Å². The number of hydrogen-bond acceptors (Lipinski definition) is 5. The van der Waals surface area contributed by atoms with Gasteiger partial charge in [-0.25, -0.2) is 4.79 Å². The van der Waals surface area contributed by atoms with Gasteiger partial charge in [-0.3, -0.25) is 4.79 Å². The Morgan fingerprint density at radius 2 is 1.94 bits per heavy atom. The SMILES string of the molecule is COC=CC(=O)OCCP(O)C(=O)C[N+](C)(C)C. The third-order valence-electron chi connectivity index (χ3n) is 1.79. The average Bonchev–Trinajstić information content (AvgIpc) is 2.23. The predicted molar refractivity (Wildman–Crippen MR) is 69.0 cm³/mol. The number of hydrogen-bond donors (Lipinski definition) is 1. The van der Waals surface area contributed by atoms with E-state index in [1.54, 1.807) is 0 Å². The molecule has 0 radical (unpaired) electrons. The topological polar surface area (TPSA) is 72.8 Å². The summed E-state index contributed by atoms with van der Waals surface area (Å²) < 4.78 is 9.81. The van der Waals surface area contributed by atoms with Gasteiger partial charge >= 0.3 is 5.97 Å². The predicted octanol–water partition coefficient (Wildman–Crippen LogP) is 0.312. The smallest absolute Gasteiger partial charge is 0.333 e. The first-order valence-corrected chi connectivity index (χ1v) is 6.90. The molecule has 1 atom stereocenters. The fraction of sp³-hybridized carbons (Fsp3) is 0.636. The Hall–Kier alpha value is -0.970. The van der Waals surface area contributed by atoms with E-state index >= 15 is 0 Å². The van der Waals surface area contributed by atoms with Gasteiger partial charge in [-0.2, -0.15) is 0 Å². The van der Waals surface area contributed by atoms with Crippen LogP contribution < -0.4 is 0 Å². The molecule has 0 rings (SSSR count). The molecular formula is C11H21NO5P+. The molecule has 1 unspecified atom stereocenters. The molecule has 0 aromatic carbocycles. The fourth-order valence-corrected chi connectivity index (χ4v) is 2.12. The van der Waals surface area contributed by atoms with E-state index in [9.17, 15) is 14.5 Å². The summed E-state index contributed by atoms with van der Waals surface area (Å²) in [5.74, 6) is -0.556. The molecule has 0 aliphatic rings. The summed E-state index contributed by atoms with van der Waals surface area (Å²) in [5, 5.41) is 0. The number of quaternary nitrogens is 1. The van der Waals surface area contributed by atoms with Gasteiger partial charge in [-0.05, 0) is 0 Å². The Bertz CT molecular complexity index is 311. The lowest BCUT2D eigenvalue weighted by atomic mass is 10.5. The molecule has 7 heteroatoms. The number of rotatable bonds is 8. The van der Waals surface area contributed by atoms with Crippen LogP contribution in [0.25, 0.3) is 0 Å². The lowest BCUT2D eigenvalue weighted by Crippen LogP contribution is -2.39. The van der Waals surface area contributed by atoms with Crippen molar-refractivity contribution in [3.05, 3.63) is 12.3 Å². The molecule has 0 aliphatic carbocycles. The molecule has 104 valence electrons. The van der Waals surface area contributed by atoms with Crippen molar-refractivity contribution in [1.82, 2.24) is 0 Å². The summed E-state index contributed by atoms with van der Waals surface area (Å²) >= 11 is 0. The molecule has 0 aliphatic heterocycles. The summed E-state index contributed by atoms with van der Waals surface area (Å²) in [5.41, 5.74) is -0.194. The molecule has 1 N–H and O–H groups in total. The van der Waals surface area contributed by atoms with Crippen LogP contribution in [0, 0.1) is 0 Å². The molecule has 0 spiro atoms. The number of carbonyl (C=O) groups is 2. The maximum Gasteiger partial charge on any atom is 0.333 e. The second kappa shape index (κ2) is 8.19. The lowest BCUT2D eigenvalue weighted by molar-refractivity contribution is -0.861. The Kier molecular flexibility index (Phi) is 7.75. The van der Waals surface area contributed by atoms with E-state index in [4.69, 9.17) is 4.74 Å². The number of likely N-dealkylation sites (N-methyl/N-ethyl adjacent to an activating group) is 1. The van der Waals surface area contributed by atoms with Gasteiger partial charge in [0.25, 0.3) is 0 Å². The quantitative estimate of drug-likeness (QED) is 0.227. The van der Waals surface area contributed by atoms with Crippen LogP contribution in [0.2, 0.25) is 0 Å². The van der Waals surface area contributed by atoms with Crippen molar-refractivity contribution in [3.8, 4) is 0 Å². The molecule has 0 amide bonds. The van der Waals surface area contributed by atoms with Gasteiger partial charge in [0.15, 0.2) is 0 Å². The molecule has 0 fully saturated rings. The number of carbonyl (C=O) groups excluding carboxylic acids is 2. The molecule has 0 bridgehead atoms. The maximum atomic E-state index is 11.6. The van der Waals surface area contributed by atoms with Crippen LogP contribution in [-0.2, 0) is 19.1 Å².